The van der Waals surface area contributed by atoms with E-state index < -0.39 is 7.26 Å². The fourth-order valence-electron chi connectivity index (χ4n) is 4.07. The monoisotopic (exact) mass is 476 g/mol. The Bertz CT molecular complexity index is 969. The van der Waals surface area contributed by atoms with Gasteiger partial charge in [0.05, 0.1) is 7.11 Å². The van der Waals surface area contributed by atoms with Crippen molar-refractivity contribution in [3.63, 3.8) is 0 Å². The Morgan fingerprint density at radius 2 is 1.03 bits per heavy atom. The van der Waals surface area contributed by atoms with E-state index in [-0.39, 0.29) is 17.0 Å². The lowest BCUT2D eigenvalue weighted by atomic mass is 10.1. The molecule has 0 saturated carbocycles. The summed E-state index contributed by atoms with van der Waals surface area (Å²) < 4.78 is 5.80. The molecule has 0 aliphatic heterocycles. The van der Waals surface area contributed by atoms with Crippen LogP contribution >= 0.6 is 7.26 Å². The van der Waals surface area contributed by atoms with Crippen molar-refractivity contribution in [2.75, 3.05) is 7.11 Å². The first-order chi connectivity index (χ1) is 14.3. The number of aryl methyl sites for hydroxylation is 1. The molecule has 4 rings (SSSR count). The van der Waals surface area contributed by atoms with Gasteiger partial charge in [-0.2, -0.15) is 0 Å². The molecule has 0 atom stereocenters. The summed E-state index contributed by atoms with van der Waals surface area (Å²) in [6, 6.07) is 39.3. The van der Waals surface area contributed by atoms with Gasteiger partial charge in [-0.05, 0) is 55.0 Å². The van der Waals surface area contributed by atoms with Gasteiger partial charge < -0.3 is 21.7 Å². The number of methoxy groups -OCH3 is 1. The van der Waals surface area contributed by atoms with Gasteiger partial charge in [0.25, 0.3) is 0 Å². The molecule has 0 N–H and O–H groups in total. The number of halogens is 1. The maximum absolute atomic E-state index is 5.80. The fraction of sp³-hybridized carbons (Fsp3) is 0.111. The third-order valence-corrected chi connectivity index (χ3v) is 9.90. The molecule has 152 valence electrons. The first-order valence-corrected chi connectivity index (χ1v) is 11.9. The maximum Gasteiger partial charge on any atom is 0.126 e. The largest absolute Gasteiger partial charge is 1.00 e. The fourth-order valence-corrected chi connectivity index (χ4v) is 8.44. The van der Waals surface area contributed by atoms with Crippen molar-refractivity contribution in [1.29, 1.82) is 0 Å². The summed E-state index contributed by atoms with van der Waals surface area (Å²) in [6.07, 6.45) is 0.931. The van der Waals surface area contributed by atoms with Crippen LogP contribution in [-0.2, 0) is 6.16 Å². The normalized spacial score (nSPS) is 10.9. The van der Waals surface area contributed by atoms with Crippen molar-refractivity contribution in [2.24, 2.45) is 0 Å². The number of rotatable bonds is 6. The Morgan fingerprint density at radius 3 is 1.43 bits per heavy atom. The molecule has 0 radical (unpaired) electrons. The average molecular weight is 477 g/mol. The van der Waals surface area contributed by atoms with Crippen LogP contribution in [0.4, 0.5) is 0 Å². The summed E-state index contributed by atoms with van der Waals surface area (Å²) in [6.45, 7) is 2.19. The molecule has 0 aliphatic carbocycles. The van der Waals surface area contributed by atoms with Gasteiger partial charge in [0.1, 0.15) is 35.1 Å². The summed E-state index contributed by atoms with van der Waals surface area (Å²) in [4.78, 5) is 0. The molecule has 0 heterocycles. The predicted octanol–water partition coefficient (Wildman–Crippen LogP) is 2.50. The van der Waals surface area contributed by atoms with E-state index in [1.54, 1.807) is 7.11 Å². The molecule has 4 aromatic rings. The summed E-state index contributed by atoms with van der Waals surface area (Å²) in [7, 11) is -0.152. The van der Waals surface area contributed by atoms with Crippen LogP contribution in [0.25, 0.3) is 0 Å². The standard InChI is InChI=1S/C27H26OP.BrH/c1-22-13-12-20-27(28-2)26(22)21-29(23-14-6-3-7-15-23,24-16-8-4-9-17-24)25-18-10-5-11-19-25;/h3-20H,21H2,1-2H3;1H/q+1;/p-1. The zero-order chi connectivity index (χ0) is 20.1. The van der Waals surface area contributed by atoms with Gasteiger partial charge in [0.2, 0.25) is 0 Å². The van der Waals surface area contributed by atoms with Crippen molar-refractivity contribution >= 4 is 23.2 Å². The van der Waals surface area contributed by atoms with Crippen LogP contribution < -0.4 is 37.6 Å². The lowest BCUT2D eigenvalue weighted by Gasteiger charge is -2.29. The van der Waals surface area contributed by atoms with Crippen molar-refractivity contribution in [1.82, 2.24) is 0 Å². The molecule has 3 heteroatoms. The van der Waals surface area contributed by atoms with Crippen molar-refractivity contribution in [2.45, 2.75) is 13.1 Å². The van der Waals surface area contributed by atoms with Crippen LogP contribution in [0.1, 0.15) is 11.1 Å². The van der Waals surface area contributed by atoms with Gasteiger partial charge in [-0.25, -0.2) is 0 Å². The third kappa shape index (κ3) is 4.21. The summed E-state index contributed by atoms with van der Waals surface area (Å²) in [5.74, 6) is 0.970. The first kappa shape index (κ1) is 22.3. The van der Waals surface area contributed by atoms with Gasteiger partial charge in [0, 0.05) is 5.56 Å². The quantitative estimate of drug-likeness (QED) is 0.388. The summed E-state index contributed by atoms with van der Waals surface area (Å²) >= 11 is 0. The van der Waals surface area contributed by atoms with Crippen LogP contribution in [0.15, 0.2) is 109 Å². The molecule has 0 bridgehead atoms. The van der Waals surface area contributed by atoms with E-state index in [1.807, 2.05) is 0 Å². The molecule has 4 aromatic carbocycles. The van der Waals surface area contributed by atoms with E-state index in [0.717, 1.165) is 11.9 Å². The Balaban J connectivity index is 0.00000256. The minimum Gasteiger partial charge on any atom is -1.00 e. The molecule has 0 aromatic heterocycles. The van der Waals surface area contributed by atoms with Crippen LogP contribution in [0.3, 0.4) is 0 Å². The number of ether oxygens (including phenoxy) is 1. The Morgan fingerprint density at radius 1 is 0.600 bits per heavy atom. The lowest BCUT2D eigenvalue weighted by molar-refractivity contribution is -0.00000601. The molecule has 0 unspecified atom stereocenters. The van der Waals surface area contributed by atoms with E-state index in [1.165, 1.54) is 27.0 Å². The molecular weight excluding hydrogens is 451 g/mol. The second-order valence-corrected chi connectivity index (χ2v) is 10.7. The highest BCUT2D eigenvalue weighted by Crippen LogP contribution is 2.59. The lowest BCUT2D eigenvalue weighted by Crippen LogP contribution is -3.00. The zero-order valence-corrected chi connectivity index (χ0v) is 19.8. The first-order valence-electron chi connectivity index (χ1n) is 9.93. The highest BCUT2D eigenvalue weighted by Gasteiger charge is 2.46. The van der Waals surface area contributed by atoms with Crippen LogP contribution in [0, 0.1) is 6.92 Å². The van der Waals surface area contributed by atoms with Crippen LogP contribution in [-0.4, -0.2) is 7.11 Å². The van der Waals surface area contributed by atoms with Gasteiger partial charge >= 0.3 is 0 Å². The molecule has 0 fully saturated rings. The van der Waals surface area contributed by atoms with Gasteiger partial charge in [-0.1, -0.05) is 66.7 Å². The zero-order valence-electron chi connectivity index (χ0n) is 17.3. The van der Waals surface area contributed by atoms with Crippen molar-refractivity contribution < 1.29 is 21.7 Å². The maximum atomic E-state index is 5.80. The number of hydrogen-bond donors (Lipinski definition) is 0. The molecule has 0 amide bonds. The highest BCUT2D eigenvalue weighted by molar-refractivity contribution is 7.95. The molecule has 0 aliphatic rings. The van der Waals surface area contributed by atoms with Crippen LogP contribution in [0.5, 0.6) is 5.75 Å². The van der Waals surface area contributed by atoms with Crippen molar-refractivity contribution in [3.05, 3.63) is 120 Å². The Hall–Kier alpha value is -2.41. The van der Waals surface area contributed by atoms with E-state index in [9.17, 15) is 0 Å². The predicted molar refractivity (Wildman–Crippen MR) is 127 cm³/mol. The second-order valence-electron chi connectivity index (χ2n) is 7.23. The molecule has 0 spiro atoms. The van der Waals surface area contributed by atoms with E-state index >= 15 is 0 Å². The minimum absolute atomic E-state index is 0. The average Bonchev–Trinajstić information content (AvgIpc) is 2.80. The van der Waals surface area contributed by atoms with E-state index in [2.05, 4.69) is 116 Å². The number of hydrogen-bond acceptors (Lipinski definition) is 1. The molecule has 0 saturated heterocycles. The topological polar surface area (TPSA) is 9.23 Å². The Labute approximate surface area is 190 Å². The molecule has 1 nitrogen and oxygen atoms in total. The minimum atomic E-state index is -1.92. The highest BCUT2D eigenvalue weighted by atomic mass is 79.9. The number of benzene rings is 4. The SMILES string of the molecule is COc1cccc(C)c1C[P+](c1ccccc1)(c1ccccc1)c1ccccc1.[Br-]. The molecule has 30 heavy (non-hydrogen) atoms. The van der Waals surface area contributed by atoms with E-state index in [4.69, 9.17) is 4.74 Å². The summed E-state index contributed by atoms with van der Waals surface area (Å²) in [5, 5.41) is 4.17. The van der Waals surface area contributed by atoms with Crippen molar-refractivity contribution in [3.8, 4) is 5.75 Å². The van der Waals surface area contributed by atoms with Gasteiger partial charge in [-0.3, -0.25) is 0 Å². The molecular formula is C27H26BrOP. The van der Waals surface area contributed by atoms with Gasteiger partial charge in [0.15, 0.2) is 0 Å². The summed E-state index contributed by atoms with van der Waals surface area (Å²) in [5.41, 5.74) is 2.57. The van der Waals surface area contributed by atoms with Crippen LogP contribution in [0.2, 0.25) is 0 Å². The van der Waals surface area contributed by atoms with Gasteiger partial charge in [-0.15, -0.1) is 0 Å². The second kappa shape index (κ2) is 10.1. The smallest absolute Gasteiger partial charge is 0.126 e. The van der Waals surface area contributed by atoms with E-state index in [0.29, 0.717) is 0 Å². The Kier molecular flexibility index (Phi) is 7.48. The third-order valence-electron chi connectivity index (χ3n) is 5.57.